The van der Waals surface area contributed by atoms with Gasteiger partial charge in [-0.25, -0.2) is 8.42 Å². The lowest BCUT2D eigenvalue weighted by atomic mass is 10.1. The van der Waals surface area contributed by atoms with Crippen LogP contribution < -0.4 is 0 Å². The molecule has 2 atom stereocenters. The molecule has 37 heavy (non-hydrogen) atoms. The fraction of sp³-hybridized carbons (Fsp3) is 0.524. The van der Waals surface area contributed by atoms with Gasteiger partial charge in [0.15, 0.2) is 15.0 Å². The van der Waals surface area contributed by atoms with E-state index in [-0.39, 0.29) is 0 Å². The van der Waals surface area contributed by atoms with Gasteiger partial charge < -0.3 is 14.0 Å². The Balaban J connectivity index is 0.000000265. The van der Waals surface area contributed by atoms with Crippen LogP contribution in [0.5, 0.6) is 0 Å². The topological polar surface area (TPSA) is 75.7 Å². The minimum atomic E-state index is -7.43. The number of benzene rings is 2. The van der Waals surface area contributed by atoms with Crippen LogP contribution in [0.1, 0.15) is 13.3 Å². The van der Waals surface area contributed by atoms with E-state index in [2.05, 4.69) is 42.5 Å². The van der Waals surface area contributed by atoms with Crippen LogP contribution in [-0.4, -0.2) is 67.3 Å². The first-order valence-corrected chi connectivity index (χ1v) is 13.4. The number of hydrogen-bond donors (Lipinski definition) is 0. The van der Waals surface area contributed by atoms with E-state index in [4.69, 9.17) is 9.47 Å². The van der Waals surface area contributed by atoms with Gasteiger partial charge in [0.25, 0.3) is 0 Å². The van der Waals surface area contributed by atoms with Crippen molar-refractivity contribution < 1.29 is 62.0 Å². The molecule has 16 heteroatoms. The molecule has 0 N–H and O–H groups in total. The van der Waals surface area contributed by atoms with E-state index in [1.807, 2.05) is 6.92 Å². The summed E-state index contributed by atoms with van der Waals surface area (Å²) < 4.78 is 147. The first-order chi connectivity index (χ1) is 16.9. The van der Waals surface area contributed by atoms with Gasteiger partial charge in [0, 0.05) is 29.3 Å². The zero-order valence-corrected chi connectivity index (χ0v) is 20.5. The quantitative estimate of drug-likeness (QED) is 0.133. The van der Waals surface area contributed by atoms with Crippen LogP contribution in [-0.2, 0) is 30.5 Å². The number of halogens is 9. The Hall–Kier alpha value is -1.75. The third kappa shape index (κ3) is 6.64. The first kappa shape index (κ1) is 31.5. The van der Waals surface area contributed by atoms with E-state index in [0.29, 0.717) is 23.8 Å². The predicted molar refractivity (Wildman–Crippen MR) is 116 cm³/mol. The highest BCUT2D eigenvalue weighted by atomic mass is 32.2. The van der Waals surface area contributed by atoms with Gasteiger partial charge in [-0.3, -0.25) is 0 Å². The second kappa shape index (κ2) is 11.6. The molecule has 5 nitrogen and oxygen atoms in total. The molecule has 1 aliphatic rings. The number of ether oxygens (including phenoxy) is 2. The van der Waals surface area contributed by atoms with Crippen molar-refractivity contribution in [1.29, 1.82) is 0 Å². The molecule has 0 radical (unpaired) electrons. The molecule has 0 spiro atoms. The number of hydrogen-bond acceptors (Lipinski definition) is 5. The normalized spacial score (nSPS) is 19.5. The Labute approximate surface area is 209 Å². The SMILES string of the molecule is CCOCOC1CC[S+](c2cccc3ccccc23)C1.O=S(=O)([O-])C(F)(F)C(F)(F)C(F)(F)C(F)(F)F. The molecule has 0 amide bonds. The minimum Gasteiger partial charge on any atom is -0.743 e. The second-order valence-electron chi connectivity index (χ2n) is 7.65. The van der Waals surface area contributed by atoms with Crippen molar-refractivity contribution in [3.05, 3.63) is 42.5 Å². The molecule has 3 rings (SSSR count). The van der Waals surface area contributed by atoms with Crippen molar-refractivity contribution in [2.45, 2.75) is 47.6 Å². The van der Waals surface area contributed by atoms with E-state index in [1.165, 1.54) is 21.4 Å². The molecule has 1 heterocycles. The van der Waals surface area contributed by atoms with Crippen LogP contribution in [0.3, 0.4) is 0 Å². The van der Waals surface area contributed by atoms with Gasteiger partial charge in [0.05, 0.1) is 0 Å². The second-order valence-corrected chi connectivity index (χ2v) is 11.2. The fourth-order valence-electron chi connectivity index (χ4n) is 3.19. The van der Waals surface area contributed by atoms with Crippen LogP contribution in [0.4, 0.5) is 39.5 Å². The molecular formula is C21H21F9O5S2. The molecule has 0 aromatic heterocycles. The molecule has 1 fully saturated rings. The monoisotopic (exact) mass is 588 g/mol. The molecule has 0 aliphatic carbocycles. The Morgan fingerprint density at radius 1 is 0.946 bits per heavy atom. The van der Waals surface area contributed by atoms with E-state index in [0.717, 1.165) is 18.8 Å². The molecule has 1 saturated heterocycles. The van der Waals surface area contributed by atoms with Crippen molar-refractivity contribution in [1.82, 2.24) is 0 Å². The highest BCUT2D eigenvalue weighted by molar-refractivity contribution is 7.97. The summed E-state index contributed by atoms with van der Waals surface area (Å²) in [7, 11) is -7.10. The maximum atomic E-state index is 12.2. The Morgan fingerprint density at radius 3 is 2.11 bits per heavy atom. The van der Waals surface area contributed by atoms with Crippen molar-refractivity contribution in [2.24, 2.45) is 0 Å². The summed E-state index contributed by atoms with van der Waals surface area (Å²) in [6.45, 7) is 3.16. The van der Waals surface area contributed by atoms with E-state index in [9.17, 15) is 52.5 Å². The number of rotatable bonds is 8. The van der Waals surface area contributed by atoms with Crippen molar-refractivity contribution in [3.8, 4) is 0 Å². The van der Waals surface area contributed by atoms with Crippen molar-refractivity contribution >= 4 is 31.8 Å². The summed E-state index contributed by atoms with van der Waals surface area (Å²) >= 11 is 0. The van der Waals surface area contributed by atoms with Crippen molar-refractivity contribution in [3.63, 3.8) is 0 Å². The predicted octanol–water partition coefficient (Wildman–Crippen LogP) is 5.56. The molecule has 2 aromatic carbocycles. The van der Waals surface area contributed by atoms with Gasteiger partial charge in [-0.2, -0.15) is 39.5 Å². The van der Waals surface area contributed by atoms with Gasteiger partial charge in [-0.15, -0.1) is 0 Å². The third-order valence-corrected chi connectivity index (χ3v) is 8.52. The van der Waals surface area contributed by atoms with Gasteiger partial charge in [-0.1, -0.05) is 30.3 Å². The van der Waals surface area contributed by atoms with Gasteiger partial charge in [0.2, 0.25) is 0 Å². The molecule has 0 saturated carbocycles. The van der Waals surface area contributed by atoms with E-state index < -0.39 is 33.4 Å². The maximum absolute atomic E-state index is 12.2. The zero-order valence-electron chi connectivity index (χ0n) is 18.9. The third-order valence-electron chi connectivity index (χ3n) is 5.16. The van der Waals surface area contributed by atoms with Crippen LogP contribution in [0.25, 0.3) is 10.8 Å². The van der Waals surface area contributed by atoms with Gasteiger partial charge >= 0.3 is 23.3 Å². The minimum absolute atomic E-state index is 0.319. The average Bonchev–Trinajstić information content (AvgIpc) is 3.26. The summed E-state index contributed by atoms with van der Waals surface area (Å²) in [5.41, 5.74) is 0. The van der Waals surface area contributed by atoms with Crippen LogP contribution in [0.15, 0.2) is 47.4 Å². The lowest BCUT2D eigenvalue weighted by Gasteiger charge is -2.34. The van der Waals surface area contributed by atoms with Gasteiger partial charge in [0.1, 0.15) is 24.4 Å². The van der Waals surface area contributed by atoms with Crippen LogP contribution in [0, 0.1) is 0 Å². The fourth-order valence-corrected chi connectivity index (χ4v) is 6.22. The van der Waals surface area contributed by atoms with Gasteiger partial charge in [-0.05, 0) is 24.4 Å². The van der Waals surface area contributed by atoms with Crippen LogP contribution >= 0.6 is 0 Å². The molecular weight excluding hydrogens is 567 g/mol. The summed E-state index contributed by atoms with van der Waals surface area (Å²) in [6, 6.07) is 15.3. The zero-order chi connectivity index (χ0) is 28.3. The van der Waals surface area contributed by atoms with E-state index in [1.54, 1.807) is 0 Å². The molecule has 2 aromatic rings. The molecule has 2 unspecified atom stereocenters. The maximum Gasteiger partial charge on any atom is 0.460 e. The Morgan fingerprint density at radius 2 is 1.54 bits per heavy atom. The summed E-state index contributed by atoms with van der Waals surface area (Å²) in [4.78, 5) is 1.51. The number of fused-ring (bicyclic) bond motifs is 1. The average molecular weight is 589 g/mol. The smallest absolute Gasteiger partial charge is 0.460 e. The Bertz CT molecular complexity index is 1150. The first-order valence-electron chi connectivity index (χ1n) is 10.4. The lowest BCUT2D eigenvalue weighted by molar-refractivity contribution is -0.382. The summed E-state index contributed by atoms with van der Waals surface area (Å²) in [6.07, 6.45) is -5.65. The highest BCUT2D eigenvalue weighted by Crippen LogP contribution is 2.54. The highest BCUT2D eigenvalue weighted by Gasteiger charge is 2.83. The molecule has 0 bridgehead atoms. The lowest BCUT2D eigenvalue weighted by Crippen LogP contribution is -2.63. The summed E-state index contributed by atoms with van der Waals surface area (Å²) in [5.74, 6) is -12.4. The van der Waals surface area contributed by atoms with E-state index >= 15 is 0 Å². The molecule has 1 aliphatic heterocycles. The number of alkyl halides is 9. The standard InChI is InChI=1S/C17H21O2S.C4HF9O3S/c1-2-18-13-19-15-10-11-20(12-15)17-9-5-7-14-6-3-4-8-16(14)17;5-1(6,3(9,10)11)2(7,8)4(12,13)17(14,15)16/h3-9,15H,2,10-13H2,1H3;(H,14,15,16)/q+1;/p-1. The Kier molecular flexibility index (Phi) is 9.83. The largest absolute Gasteiger partial charge is 0.743 e. The van der Waals surface area contributed by atoms with Crippen molar-refractivity contribution in [2.75, 3.05) is 24.9 Å². The summed E-state index contributed by atoms with van der Waals surface area (Å²) in [5, 5.41) is -4.36. The molecule has 210 valence electrons. The van der Waals surface area contributed by atoms with Crippen LogP contribution in [0.2, 0.25) is 0 Å².